The van der Waals surface area contributed by atoms with Gasteiger partial charge in [0.1, 0.15) is 0 Å². The molecule has 1 aliphatic rings. The summed E-state index contributed by atoms with van der Waals surface area (Å²) in [5.74, 6) is -0.0544. The third-order valence-electron chi connectivity index (χ3n) is 4.58. The fourth-order valence-electron chi connectivity index (χ4n) is 3.19. The zero-order chi connectivity index (χ0) is 19.6. The van der Waals surface area contributed by atoms with Gasteiger partial charge in [-0.05, 0) is 76.6 Å². The SMILES string of the molecule is O=C1C(=Cc2ccc3sccc3c2)SC(=Nc2ccccc2)N1c1ccccc1. The first-order chi connectivity index (χ1) is 14.3. The van der Waals surface area contributed by atoms with E-state index in [0.717, 1.165) is 16.9 Å². The molecule has 1 fully saturated rings. The number of thiophene rings is 1. The number of anilines is 1. The summed E-state index contributed by atoms with van der Waals surface area (Å²) >= 11 is 3.13. The molecule has 4 aromatic rings. The van der Waals surface area contributed by atoms with Crippen molar-refractivity contribution in [1.82, 2.24) is 0 Å². The minimum Gasteiger partial charge on any atom is -0.268 e. The van der Waals surface area contributed by atoms with Gasteiger partial charge in [-0.2, -0.15) is 0 Å². The molecule has 0 aliphatic carbocycles. The lowest BCUT2D eigenvalue weighted by Crippen LogP contribution is -2.28. The number of fused-ring (bicyclic) bond motifs is 1. The van der Waals surface area contributed by atoms with Crippen molar-refractivity contribution in [2.24, 2.45) is 4.99 Å². The maximum absolute atomic E-state index is 13.3. The van der Waals surface area contributed by atoms with Crippen molar-refractivity contribution in [3.63, 3.8) is 0 Å². The number of aliphatic imine (C=N–C) groups is 1. The lowest BCUT2D eigenvalue weighted by molar-refractivity contribution is -0.113. The highest BCUT2D eigenvalue weighted by Gasteiger charge is 2.34. The van der Waals surface area contributed by atoms with Crippen molar-refractivity contribution in [1.29, 1.82) is 0 Å². The van der Waals surface area contributed by atoms with Crippen LogP contribution in [0.4, 0.5) is 11.4 Å². The van der Waals surface area contributed by atoms with Crippen molar-refractivity contribution in [2.45, 2.75) is 0 Å². The van der Waals surface area contributed by atoms with E-state index in [4.69, 9.17) is 4.99 Å². The Bertz CT molecular complexity index is 1240. The number of para-hydroxylation sites is 2. The predicted octanol–water partition coefficient (Wildman–Crippen LogP) is 6.71. The van der Waals surface area contributed by atoms with Gasteiger partial charge in [0.25, 0.3) is 5.91 Å². The van der Waals surface area contributed by atoms with Gasteiger partial charge in [0, 0.05) is 4.70 Å². The smallest absolute Gasteiger partial charge is 0.268 e. The number of amidine groups is 1. The Morgan fingerprint density at radius 2 is 1.62 bits per heavy atom. The minimum absolute atomic E-state index is 0.0544. The fraction of sp³-hybridized carbons (Fsp3) is 0. The van der Waals surface area contributed by atoms with Gasteiger partial charge >= 0.3 is 0 Å². The van der Waals surface area contributed by atoms with Crippen LogP contribution in [0.1, 0.15) is 5.56 Å². The molecule has 1 aromatic heterocycles. The van der Waals surface area contributed by atoms with Gasteiger partial charge in [-0.25, -0.2) is 4.99 Å². The van der Waals surface area contributed by atoms with E-state index in [1.54, 1.807) is 16.2 Å². The van der Waals surface area contributed by atoms with Crippen LogP contribution in [0.3, 0.4) is 0 Å². The number of nitrogens with zero attached hydrogens (tertiary/aromatic N) is 2. The molecule has 0 spiro atoms. The van der Waals surface area contributed by atoms with Crippen molar-refractivity contribution in [2.75, 3.05) is 4.90 Å². The summed E-state index contributed by atoms with van der Waals surface area (Å²) < 4.78 is 1.25. The van der Waals surface area contributed by atoms with Crippen LogP contribution in [0, 0.1) is 0 Å². The number of thioether (sulfide) groups is 1. The van der Waals surface area contributed by atoms with Crippen molar-refractivity contribution in [3.8, 4) is 0 Å². The number of hydrogen-bond acceptors (Lipinski definition) is 4. The van der Waals surface area contributed by atoms with Crippen LogP contribution < -0.4 is 4.90 Å². The average molecular weight is 413 g/mol. The second-order valence-corrected chi connectivity index (χ2v) is 8.49. The fourth-order valence-corrected chi connectivity index (χ4v) is 4.96. The Hall–Kier alpha value is -3.15. The third-order valence-corrected chi connectivity index (χ3v) is 6.44. The lowest BCUT2D eigenvalue weighted by Gasteiger charge is -2.15. The summed E-state index contributed by atoms with van der Waals surface area (Å²) in [6.45, 7) is 0. The summed E-state index contributed by atoms with van der Waals surface area (Å²) in [5.41, 5.74) is 2.65. The summed E-state index contributed by atoms with van der Waals surface area (Å²) in [7, 11) is 0. The molecule has 5 rings (SSSR count). The van der Waals surface area contributed by atoms with E-state index in [0.29, 0.717) is 10.1 Å². The van der Waals surface area contributed by atoms with Crippen molar-refractivity contribution >= 4 is 61.7 Å². The van der Waals surface area contributed by atoms with Crippen LogP contribution in [0.25, 0.3) is 16.2 Å². The molecule has 1 saturated heterocycles. The molecule has 1 amide bonds. The van der Waals surface area contributed by atoms with Gasteiger partial charge in [-0.1, -0.05) is 42.5 Å². The monoisotopic (exact) mass is 412 g/mol. The number of benzene rings is 3. The second-order valence-electron chi connectivity index (χ2n) is 6.53. The van der Waals surface area contributed by atoms with E-state index in [1.807, 2.05) is 66.7 Å². The molecule has 0 N–H and O–H groups in total. The van der Waals surface area contributed by atoms with Crippen LogP contribution >= 0.6 is 23.1 Å². The van der Waals surface area contributed by atoms with E-state index in [1.165, 1.54) is 21.8 Å². The van der Waals surface area contributed by atoms with Gasteiger partial charge < -0.3 is 0 Å². The van der Waals surface area contributed by atoms with Crippen LogP contribution in [0.15, 0.2) is 100 Å². The van der Waals surface area contributed by atoms with E-state index >= 15 is 0 Å². The Balaban J connectivity index is 1.57. The molecule has 1 aliphatic heterocycles. The van der Waals surface area contributed by atoms with Crippen molar-refractivity contribution < 1.29 is 4.79 Å². The molecule has 2 heterocycles. The molecule has 0 radical (unpaired) electrons. The number of amides is 1. The number of rotatable bonds is 3. The van der Waals surface area contributed by atoms with Crippen LogP contribution in [-0.4, -0.2) is 11.1 Å². The molecule has 29 heavy (non-hydrogen) atoms. The quantitative estimate of drug-likeness (QED) is 0.350. The first kappa shape index (κ1) is 17.9. The first-order valence-corrected chi connectivity index (χ1v) is 10.9. The highest BCUT2D eigenvalue weighted by atomic mass is 32.2. The zero-order valence-electron chi connectivity index (χ0n) is 15.4. The Morgan fingerprint density at radius 3 is 2.41 bits per heavy atom. The predicted molar refractivity (Wildman–Crippen MR) is 125 cm³/mol. The van der Waals surface area contributed by atoms with E-state index in [9.17, 15) is 4.79 Å². The molecule has 0 atom stereocenters. The molecular weight excluding hydrogens is 396 g/mol. The zero-order valence-corrected chi connectivity index (χ0v) is 17.0. The maximum atomic E-state index is 13.3. The third kappa shape index (κ3) is 3.62. The topological polar surface area (TPSA) is 32.7 Å². The second kappa shape index (κ2) is 7.70. The van der Waals surface area contributed by atoms with E-state index in [-0.39, 0.29) is 5.91 Å². The van der Waals surface area contributed by atoms with Gasteiger partial charge in [-0.15, -0.1) is 11.3 Å². The van der Waals surface area contributed by atoms with E-state index < -0.39 is 0 Å². The number of hydrogen-bond donors (Lipinski definition) is 0. The van der Waals surface area contributed by atoms with E-state index in [2.05, 4.69) is 29.6 Å². The minimum atomic E-state index is -0.0544. The largest absolute Gasteiger partial charge is 0.271 e. The molecular formula is C24H16N2OS2. The molecule has 0 saturated carbocycles. The van der Waals surface area contributed by atoms with Gasteiger partial charge in [0.05, 0.1) is 16.3 Å². The van der Waals surface area contributed by atoms with Gasteiger partial charge in [-0.3, -0.25) is 9.69 Å². The molecule has 0 unspecified atom stereocenters. The van der Waals surface area contributed by atoms with Crippen LogP contribution in [0.5, 0.6) is 0 Å². The van der Waals surface area contributed by atoms with Crippen LogP contribution in [0.2, 0.25) is 0 Å². The Morgan fingerprint density at radius 1 is 0.862 bits per heavy atom. The van der Waals surface area contributed by atoms with Gasteiger partial charge in [0.2, 0.25) is 0 Å². The van der Waals surface area contributed by atoms with Crippen molar-refractivity contribution in [3.05, 3.63) is 101 Å². The summed E-state index contributed by atoms with van der Waals surface area (Å²) in [6.07, 6.45) is 1.95. The summed E-state index contributed by atoms with van der Waals surface area (Å²) in [4.78, 5) is 20.4. The molecule has 3 aromatic carbocycles. The maximum Gasteiger partial charge on any atom is 0.271 e. The van der Waals surface area contributed by atoms with Crippen LogP contribution in [-0.2, 0) is 4.79 Å². The molecule has 140 valence electrons. The standard InChI is InChI=1S/C24H16N2OS2/c27-23-22(16-17-11-12-21-18(15-17)13-14-28-21)29-24(25-19-7-3-1-4-8-19)26(23)20-9-5-2-6-10-20/h1-16H. The highest BCUT2D eigenvalue weighted by Crippen LogP contribution is 2.37. The Kier molecular flexibility index (Phi) is 4.76. The summed E-state index contributed by atoms with van der Waals surface area (Å²) in [6, 6.07) is 27.8. The number of carbonyl (C=O) groups excluding carboxylic acids is 1. The average Bonchev–Trinajstić information content (AvgIpc) is 3.34. The first-order valence-electron chi connectivity index (χ1n) is 9.18. The molecule has 3 nitrogen and oxygen atoms in total. The van der Waals surface area contributed by atoms with Gasteiger partial charge in [0.15, 0.2) is 5.17 Å². The lowest BCUT2D eigenvalue weighted by atomic mass is 10.1. The summed E-state index contributed by atoms with van der Waals surface area (Å²) in [5, 5.41) is 3.94. The number of carbonyl (C=O) groups is 1. The highest BCUT2D eigenvalue weighted by molar-refractivity contribution is 8.19. The molecule has 5 heteroatoms. The Labute approximate surface area is 177 Å². The molecule has 0 bridgehead atoms. The normalized spacial score (nSPS) is 17.0.